The van der Waals surface area contributed by atoms with Crippen molar-refractivity contribution in [1.82, 2.24) is 5.32 Å². The molecule has 1 rings (SSSR count). The Morgan fingerprint density at radius 2 is 2.17 bits per heavy atom. The first-order chi connectivity index (χ1) is 8.45. The molecule has 4 nitrogen and oxygen atoms in total. The Balaban J connectivity index is 2.60. The molecular formula is C11H13Cl2NO3S. The maximum absolute atomic E-state index is 11.8. The first-order valence-electron chi connectivity index (χ1n) is 5.41. The molecule has 0 radical (unpaired) electrons. The number of amides is 1. The Kier molecular flexibility index (Phi) is 5.91. The lowest BCUT2D eigenvalue weighted by Crippen LogP contribution is -2.32. The van der Waals surface area contributed by atoms with Crippen LogP contribution < -0.4 is 5.32 Å². The van der Waals surface area contributed by atoms with Crippen molar-refractivity contribution >= 4 is 46.4 Å². The lowest BCUT2D eigenvalue weighted by Gasteiger charge is -2.11. The fourth-order valence-corrected chi connectivity index (χ4v) is 2.93. The summed E-state index contributed by atoms with van der Waals surface area (Å²) in [5.74, 6) is -1.89. The SMILES string of the molecule is CCCC(CNC(=O)c1cc(Cl)sc1Cl)C(=O)O. The molecule has 0 aromatic carbocycles. The summed E-state index contributed by atoms with van der Waals surface area (Å²) in [7, 11) is 0. The lowest BCUT2D eigenvalue weighted by atomic mass is 10.0. The highest BCUT2D eigenvalue weighted by Crippen LogP contribution is 2.30. The van der Waals surface area contributed by atoms with E-state index in [1.165, 1.54) is 6.07 Å². The van der Waals surface area contributed by atoms with E-state index in [2.05, 4.69) is 5.32 Å². The third kappa shape index (κ3) is 4.15. The zero-order valence-corrected chi connectivity index (χ0v) is 12.0. The van der Waals surface area contributed by atoms with Gasteiger partial charge in [0.15, 0.2) is 0 Å². The standard InChI is InChI=1S/C11H13Cl2NO3S/c1-2-3-6(11(16)17)5-14-10(15)7-4-8(12)18-9(7)13/h4,6H,2-3,5H2,1H3,(H,14,15)(H,16,17). The molecule has 0 bridgehead atoms. The normalized spacial score (nSPS) is 12.2. The van der Waals surface area contributed by atoms with Gasteiger partial charge < -0.3 is 10.4 Å². The van der Waals surface area contributed by atoms with Crippen molar-refractivity contribution in [2.75, 3.05) is 6.54 Å². The average Bonchev–Trinajstić information content (AvgIpc) is 2.63. The number of halogens is 2. The van der Waals surface area contributed by atoms with E-state index in [1.54, 1.807) is 0 Å². The van der Waals surface area contributed by atoms with E-state index in [9.17, 15) is 9.59 Å². The number of hydrogen-bond acceptors (Lipinski definition) is 3. The molecule has 0 fully saturated rings. The Bertz CT molecular complexity index is 447. The molecule has 0 aliphatic heterocycles. The van der Waals surface area contributed by atoms with E-state index in [4.69, 9.17) is 28.3 Å². The highest BCUT2D eigenvalue weighted by Gasteiger charge is 2.19. The number of thiophene rings is 1. The number of carbonyl (C=O) groups is 2. The highest BCUT2D eigenvalue weighted by molar-refractivity contribution is 7.20. The fraction of sp³-hybridized carbons (Fsp3) is 0.455. The number of nitrogens with one attached hydrogen (secondary N) is 1. The third-order valence-corrected chi connectivity index (χ3v) is 3.88. The van der Waals surface area contributed by atoms with E-state index in [1.807, 2.05) is 6.92 Å². The molecule has 7 heteroatoms. The van der Waals surface area contributed by atoms with Crippen molar-refractivity contribution in [3.8, 4) is 0 Å². The molecule has 100 valence electrons. The van der Waals surface area contributed by atoms with Gasteiger partial charge in [0.1, 0.15) is 4.34 Å². The van der Waals surface area contributed by atoms with Crippen LogP contribution in [0.25, 0.3) is 0 Å². The monoisotopic (exact) mass is 309 g/mol. The fourth-order valence-electron chi connectivity index (χ4n) is 1.47. The molecule has 0 aliphatic carbocycles. The Labute approximate surface area is 119 Å². The zero-order valence-electron chi connectivity index (χ0n) is 9.70. The third-order valence-electron chi connectivity index (χ3n) is 2.40. The summed E-state index contributed by atoms with van der Waals surface area (Å²) in [6, 6.07) is 1.47. The van der Waals surface area contributed by atoms with Gasteiger partial charge in [-0.05, 0) is 12.5 Å². The summed E-state index contributed by atoms with van der Waals surface area (Å²) in [5.41, 5.74) is 0.285. The number of carboxylic acids is 1. The highest BCUT2D eigenvalue weighted by atomic mass is 35.5. The average molecular weight is 310 g/mol. The molecule has 18 heavy (non-hydrogen) atoms. The van der Waals surface area contributed by atoms with Gasteiger partial charge >= 0.3 is 5.97 Å². The zero-order chi connectivity index (χ0) is 13.7. The van der Waals surface area contributed by atoms with E-state index in [-0.39, 0.29) is 12.1 Å². The van der Waals surface area contributed by atoms with Crippen LogP contribution in [-0.2, 0) is 4.79 Å². The van der Waals surface area contributed by atoms with Crippen molar-refractivity contribution < 1.29 is 14.7 Å². The molecular weight excluding hydrogens is 297 g/mol. The first kappa shape index (κ1) is 15.3. The molecule has 0 saturated heterocycles. The molecule has 0 aliphatic rings. The van der Waals surface area contributed by atoms with Crippen LogP contribution in [0.2, 0.25) is 8.67 Å². The summed E-state index contributed by atoms with van der Waals surface area (Å²) < 4.78 is 0.730. The summed E-state index contributed by atoms with van der Waals surface area (Å²) in [6.07, 6.45) is 1.27. The maximum atomic E-state index is 11.8. The minimum atomic E-state index is -0.911. The van der Waals surface area contributed by atoms with Gasteiger partial charge in [0, 0.05) is 6.54 Å². The van der Waals surface area contributed by atoms with Gasteiger partial charge in [-0.2, -0.15) is 0 Å². The molecule has 1 atom stereocenters. The van der Waals surface area contributed by atoms with Crippen molar-refractivity contribution in [2.45, 2.75) is 19.8 Å². The van der Waals surface area contributed by atoms with Crippen LogP contribution in [0, 0.1) is 5.92 Å². The molecule has 1 aromatic rings. The van der Waals surface area contributed by atoms with E-state index >= 15 is 0 Å². The van der Waals surface area contributed by atoms with Crippen LogP contribution in [0.3, 0.4) is 0 Å². The summed E-state index contributed by atoms with van der Waals surface area (Å²) >= 11 is 12.7. The number of rotatable bonds is 6. The van der Waals surface area contributed by atoms with Gasteiger partial charge in [0.05, 0.1) is 15.8 Å². The molecule has 1 unspecified atom stereocenters. The van der Waals surface area contributed by atoms with Gasteiger partial charge in [-0.1, -0.05) is 36.5 Å². The molecule has 0 spiro atoms. The second kappa shape index (κ2) is 6.97. The second-order valence-corrected chi connectivity index (χ2v) is 6.06. The van der Waals surface area contributed by atoms with Crippen LogP contribution in [0.1, 0.15) is 30.1 Å². The number of carbonyl (C=O) groups excluding carboxylic acids is 1. The Hall–Kier alpha value is -0.780. The molecule has 0 saturated carbocycles. The minimum absolute atomic E-state index is 0.0891. The van der Waals surface area contributed by atoms with Gasteiger partial charge in [-0.3, -0.25) is 9.59 Å². The van der Waals surface area contributed by atoms with Crippen molar-refractivity contribution in [3.63, 3.8) is 0 Å². The minimum Gasteiger partial charge on any atom is -0.481 e. The van der Waals surface area contributed by atoms with E-state index in [0.717, 1.165) is 17.8 Å². The number of aliphatic carboxylic acids is 1. The molecule has 1 aromatic heterocycles. The van der Waals surface area contributed by atoms with E-state index in [0.29, 0.717) is 15.1 Å². The largest absolute Gasteiger partial charge is 0.481 e. The van der Waals surface area contributed by atoms with Crippen LogP contribution in [0.4, 0.5) is 0 Å². The maximum Gasteiger partial charge on any atom is 0.308 e. The van der Waals surface area contributed by atoms with Crippen LogP contribution >= 0.6 is 34.5 Å². The van der Waals surface area contributed by atoms with Crippen molar-refractivity contribution in [2.24, 2.45) is 5.92 Å². The second-order valence-electron chi connectivity index (χ2n) is 3.77. The predicted octanol–water partition coefficient (Wildman–Crippen LogP) is 3.29. The van der Waals surface area contributed by atoms with Crippen molar-refractivity contribution in [1.29, 1.82) is 0 Å². The first-order valence-corrected chi connectivity index (χ1v) is 6.98. The lowest BCUT2D eigenvalue weighted by molar-refractivity contribution is -0.141. The summed E-state index contributed by atoms with van der Waals surface area (Å²) in [4.78, 5) is 22.7. The van der Waals surface area contributed by atoms with Crippen LogP contribution in [-0.4, -0.2) is 23.5 Å². The topological polar surface area (TPSA) is 66.4 Å². The van der Waals surface area contributed by atoms with Gasteiger partial charge in [0.2, 0.25) is 0 Å². The number of carboxylic acid groups (broad SMARTS) is 1. The van der Waals surface area contributed by atoms with Gasteiger partial charge in [0.25, 0.3) is 5.91 Å². The number of hydrogen-bond donors (Lipinski definition) is 2. The molecule has 1 amide bonds. The van der Waals surface area contributed by atoms with Gasteiger partial charge in [-0.15, -0.1) is 11.3 Å². The van der Waals surface area contributed by atoms with E-state index < -0.39 is 17.8 Å². The van der Waals surface area contributed by atoms with Crippen molar-refractivity contribution in [3.05, 3.63) is 20.3 Å². The molecule has 2 N–H and O–H groups in total. The van der Waals surface area contributed by atoms with Crippen LogP contribution in [0.5, 0.6) is 0 Å². The summed E-state index contributed by atoms with van der Waals surface area (Å²) in [6.45, 7) is 1.99. The summed E-state index contributed by atoms with van der Waals surface area (Å²) in [5, 5.41) is 11.5. The Morgan fingerprint density at radius 3 is 2.61 bits per heavy atom. The Morgan fingerprint density at radius 1 is 1.50 bits per heavy atom. The predicted molar refractivity (Wildman–Crippen MR) is 72.7 cm³/mol. The quantitative estimate of drug-likeness (QED) is 0.847. The van der Waals surface area contributed by atoms with Gasteiger partial charge in [-0.25, -0.2) is 0 Å². The molecule has 1 heterocycles. The van der Waals surface area contributed by atoms with Crippen LogP contribution in [0.15, 0.2) is 6.07 Å². The smallest absolute Gasteiger partial charge is 0.308 e.